The Kier molecular flexibility index (Phi) is 3.45. The van der Waals surface area contributed by atoms with Gasteiger partial charge in [-0.2, -0.15) is 5.10 Å². The van der Waals surface area contributed by atoms with Crippen molar-refractivity contribution in [3.63, 3.8) is 0 Å². The molecule has 3 nitrogen and oxygen atoms in total. The lowest BCUT2D eigenvalue weighted by Crippen LogP contribution is -2.12. The fraction of sp³-hybridized carbons (Fsp3) is 0.250. The van der Waals surface area contributed by atoms with Crippen LogP contribution in [-0.2, 0) is 6.54 Å². The van der Waals surface area contributed by atoms with Crippen molar-refractivity contribution in [3.8, 4) is 11.1 Å². The summed E-state index contributed by atoms with van der Waals surface area (Å²) in [7, 11) is 0. The molecule has 1 aromatic carbocycles. The molecule has 0 saturated heterocycles. The van der Waals surface area contributed by atoms with E-state index in [4.69, 9.17) is 17.3 Å². The van der Waals surface area contributed by atoms with Gasteiger partial charge in [0.1, 0.15) is 5.82 Å². The highest BCUT2D eigenvalue weighted by Gasteiger charge is 2.09. The van der Waals surface area contributed by atoms with E-state index in [0.29, 0.717) is 13.1 Å². The molecule has 0 amide bonds. The topological polar surface area (TPSA) is 43.8 Å². The largest absolute Gasteiger partial charge is 0.329 e. The van der Waals surface area contributed by atoms with Crippen LogP contribution in [0.1, 0.15) is 5.69 Å². The summed E-state index contributed by atoms with van der Waals surface area (Å²) >= 11 is 5.76. The van der Waals surface area contributed by atoms with E-state index in [1.165, 1.54) is 6.07 Å². The van der Waals surface area contributed by atoms with E-state index in [-0.39, 0.29) is 5.02 Å². The molecule has 0 aliphatic rings. The number of nitrogens with zero attached hydrogens (tertiary/aromatic N) is 2. The van der Waals surface area contributed by atoms with E-state index in [9.17, 15) is 4.39 Å². The fourth-order valence-electron chi connectivity index (χ4n) is 1.74. The molecule has 1 heterocycles. The van der Waals surface area contributed by atoms with E-state index >= 15 is 0 Å². The molecule has 2 rings (SSSR count). The van der Waals surface area contributed by atoms with E-state index in [2.05, 4.69) is 5.10 Å². The molecule has 0 saturated carbocycles. The van der Waals surface area contributed by atoms with Crippen molar-refractivity contribution < 1.29 is 4.39 Å². The first-order valence-corrected chi connectivity index (χ1v) is 5.69. The molecule has 0 atom stereocenters. The van der Waals surface area contributed by atoms with E-state index in [1.54, 1.807) is 18.3 Å². The standard InChI is InChI=1S/C12H13ClFN3/c1-8-10(7-16-17(8)5-4-15)9-2-3-12(14)11(13)6-9/h2-3,6-7H,4-5,15H2,1H3. The van der Waals surface area contributed by atoms with Gasteiger partial charge in [-0.25, -0.2) is 4.39 Å². The van der Waals surface area contributed by atoms with Gasteiger partial charge in [-0.05, 0) is 24.6 Å². The molecule has 0 aliphatic heterocycles. The number of nitrogens with two attached hydrogens (primary N) is 1. The van der Waals surface area contributed by atoms with Gasteiger partial charge >= 0.3 is 0 Å². The highest BCUT2D eigenvalue weighted by molar-refractivity contribution is 6.31. The summed E-state index contributed by atoms with van der Waals surface area (Å²) < 4.78 is 14.9. The van der Waals surface area contributed by atoms with Crippen LogP contribution < -0.4 is 5.73 Å². The molecule has 17 heavy (non-hydrogen) atoms. The molecule has 0 radical (unpaired) electrons. The predicted molar refractivity (Wildman–Crippen MR) is 66.4 cm³/mol. The Morgan fingerprint density at radius 1 is 1.47 bits per heavy atom. The third kappa shape index (κ3) is 2.33. The minimum Gasteiger partial charge on any atom is -0.329 e. The summed E-state index contributed by atoms with van der Waals surface area (Å²) in [5, 5.41) is 4.35. The van der Waals surface area contributed by atoms with Crippen molar-refractivity contribution in [1.29, 1.82) is 0 Å². The molecule has 90 valence electrons. The number of rotatable bonds is 3. The maximum absolute atomic E-state index is 13.1. The number of benzene rings is 1. The number of aromatic nitrogens is 2. The first-order chi connectivity index (χ1) is 8.13. The van der Waals surface area contributed by atoms with Crippen molar-refractivity contribution in [3.05, 3.63) is 40.9 Å². The van der Waals surface area contributed by atoms with Gasteiger partial charge in [0, 0.05) is 17.8 Å². The van der Waals surface area contributed by atoms with Crippen LogP contribution in [0.25, 0.3) is 11.1 Å². The number of hydrogen-bond acceptors (Lipinski definition) is 2. The molecule has 5 heteroatoms. The second kappa shape index (κ2) is 4.85. The van der Waals surface area contributed by atoms with E-state index < -0.39 is 5.82 Å². The molecule has 0 aliphatic carbocycles. The minimum absolute atomic E-state index is 0.119. The van der Waals surface area contributed by atoms with Gasteiger partial charge in [0.25, 0.3) is 0 Å². The predicted octanol–water partition coefficient (Wildman–Crippen LogP) is 2.61. The van der Waals surface area contributed by atoms with Gasteiger partial charge in [-0.3, -0.25) is 4.68 Å². The van der Waals surface area contributed by atoms with Gasteiger partial charge < -0.3 is 5.73 Å². The average Bonchev–Trinajstić information content (AvgIpc) is 2.66. The zero-order valence-electron chi connectivity index (χ0n) is 9.45. The molecule has 2 aromatic rings. The second-order valence-electron chi connectivity index (χ2n) is 3.78. The van der Waals surface area contributed by atoms with Gasteiger partial charge in [0.05, 0.1) is 17.8 Å². The Hall–Kier alpha value is -1.39. The molecule has 2 N–H and O–H groups in total. The van der Waals surface area contributed by atoms with Gasteiger partial charge in [-0.1, -0.05) is 17.7 Å². The average molecular weight is 254 g/mol. The lowest BCUT2D eigenvalue weighted by Gasteiger charge is -2.04. The van der Waals surface area contributed by atoms with Crippen LogP contribution in [0.15, 0.2) is 24.4 Å². The molecule has 0 unspecified atom stereocenters. The summed E-state index contributed by atoms with van der Waals surface area (Å²) in [6.07, 6.45) is 1.74. The normalized spacial score (nSPS) is 10.8. The molecular weight excluding hydrogens is 241 g/mol. The highest BCUT2D eigenvalue weighted by Crippen LogP contribution is 2.27. The number of halogens is 2. The Morgan fingerprint density at radius 3 is 2.88 bits per heavy atom. The SMILES string of the molecule is Cc1c(-c2ccc(F)c(Cl)c2)cnn1CCN. The first kappa shape index (κ1) is 12.1. The summed E-state index contributed by atoms with van der Waals surface area (Å²) in [5.41, 5.74) is 8.29. The quantitative estimate of drug-likeness (QED) is 0.914. The van der Waals surface area contributed by atoms with Crippen LogP contribution in [0, 0.1) is 12.7 Å². The van der Waals surface area contributed by atoms with Crippen molar-refractivity contribution in [2.24, 2.45) is 5.73 Å². The maximum atomic E-state index is 13.1. The third-order valence-electron chi connectivity index (χ3n) is 2.67. The van der Waals surface area contributed by atoms with Gasteiger partial charge in [-0.15, -0.1) is 0 Å². The Bertz CT molecular complexity index is 537. The van der Waals surface area contributed by atoms with E-state index in [0.717, 1.165) is 16.8 Å². The van der Waals surface area contributed by atoms with Crippen LogP contribution in [0.5, 0.6) is 0 Å². The molecule has 1 aromatic heterocycles. The van der Waals surface area contributed by atoms with Crippen LogP contribution in [0.4, 0.5) is 4.39 Å². The third-order valence-corrected chi connectivity index (χ3v) is 2.96. The first-order valence-electron chi connectivity index (χ1n) is 5.31. The lowest BCUT2D eigenvalue weighted by molar-refractivity contribution is 0.608. The van der Waals surface area contributed by atoms with Gasteiger partial charge in [0.2, 0.25) is 0 Å². The molecule has 0 bridgehead atoms. The van der Waals surface area contributed by atoms with Crippen molar-refractivity contribution >= 4 is 11.6 Å². The highest BCUT2D eigenvalue weighted by atomic mass is 35.5. The fourth-order valence-corrected chi connectivity index (χ4v) is 1.92. The molecule has 0 spiro atoms. The van der Waals surface area contributed by atoms with Crippen LogP contribution >= 0.6 is 11.6 Å². The maximum Gasteiger partial charge on any atom is 0.141 e. The smallest absolute Gasteiger partial charge is 0.141 e. The monoisotopic (exact) mass is 253 g/mol. The number of hydrogen-bond donors (Lipinski definition) is 1. The molecular formula is C12H13ClFN3. The van der Waals surface area contributed by atoms with Crippen LogP contribution in [0.2, 0.25) is 5.02 Å². The lowest BCUT2D eigenvalue weighted by atomic mass is 10.1. The Morgan fingerprint density at radius 2 is 2.24 bits per heavy atom. The van der Waals surface area contributed by atoms with Crippen molar-refractivity contribution in [2.75, 3.05) is 6.54 Å². The van der Waals surface area contributed by atoms with Crippen molar-refractivity contribution in [1.82, 2.24) is 9.78 Å². The summed E-state index contributed by atoms with van der Waals surface area (Å²) in [5.74, 6) is -0.414. The second-order valence-corrected chi connectivity index (χ2v) is 4.19. The van der Waals surface area contributed by atoms with Crippen molar-refractivity contribution in [2.45, 2.75) is 13.5 Å². The summed E-state index contributed by atoms with van der Waals surface area (Å²) in [4.78, 5) is 0. The minimum atomic E-state index is -0.414. The Balaban J connectivity index is 2.42. The molecule has 0 fully saturated rings. The zero-order chi connectivity index (χ0) is 12.4. The van der Waals surface area contributed by atoms with E-state index in [1.807, 2.05) is 11.6 Å². The van der Waals surface area contributed by atoms with Crippen LogP contribution in [0.3, 0.4) is 0 Å². The summed E-state index contributed by atoms with van der Waals surface area (Å²) in [6, 6.07) is 4.66. The summed E-state index contributed by atoms with van der Waals surface area (Å²) in [6.45, 7) is 3.15. The Labute approximate surface area is 104 Å². The van der Waals surface area contributed by atoms with Crippen LogP contribution in [-0.4, -0.2) is 16.3 Å². The zero-order valence-corrected chi connectivity index (χ0v) is 10.2. The van der Waals surface area contributed by atoms with Gasteiger partial charge in [0.15, 0.2) is 0 Å².